The number of hydrogen-bond donors (Lipinski definition) is 2. The number of aliphatic carboxylic acids is 2. The summed E-state index contributed by atoms with van der Waals surface area (Å²) in [5.41, 5.74) is 3.39. The van der Waals surface area contributed by atoms with Gasteiger partial charge in [-0.3, -0.25) is 9.59 Å². The molecule has 188 valence electrons. The summed E-state index contributed by atoms with van der Waals surface area (Å²) in [6, 6.07) is 11.6. The summed E-state index contributed by atoms with van der Waals surface area (Å²) in [4.78, 5) is 25.9. The maximum Gasteiger partial charge on any atom is 0.322 e. The van der Waals surface area contributed by atoms with Gasteiger partial charge in [0.1, 0.15) is 6.04 Å². The quantitative estimate of drug-likeness (QED) is 0.540. The van der Waals surface area contributed by atoms with Gasteiger partial charge in [-0.1, -0.05) is 18.2 Å². The Labute approximate surface area is 206 Å². The molecule has 2 atom stereocenters. The molecular formula is C26H32N2O6S. The van der Waals surface area contributed by atoms with Gasteiger partial charge in [0.15, 0.2) is 0 Å². The van der Waals surface area contributed by atoms with Gasteiger partial charge in [0.2, 0.25) is 10.0 Å². The molecule has 0 aliphatic carbocycles. The third-order valence-electron chi connectivity index (χ3n) is 7.14. The van der Waals surface area contributed by atoms with Crippen LogP contribution < -0.4 is 4.90 Å². The molecule has 2 unspecified atom stereocenters. The molecule has 0 aromatic heterocycles. The van der Waals surface area contributed by atoms with Crippen LogP contribution in [0.3, 0.4) is 0 Å². The Kier molecular flexibility index (Phi) is 7.47. The summed E-state index contributed by atoms with van der Waals surface area (Å²) in [5, 5.41) is 19.3. The second-order valence-electron chi connectivity index (χ2n) is 9.42. The molecule has 2 saturated heterocycles. The van der Waals surface area contributed by atoms with E-state index in [9.17, 15) is 28.2 Å². The van der Waals surface area contributed by atoms with Gasteiger partial charge in [-0.05, 0) is 86.4 Å². The molecule has 0 spiro atoms. The zero-order chi connectivity index (χ0) is 25.2. The molecule has 0 radical (unpaired) electrons. The molecule has 9 heteroatoms. The Hall–Kier alpha value is -2.91. The van der Waals surface area contributed by atoms with E-state index in [4.69, 9.17) is 0 Å². The zero-order valence-electron chi connectivity index (χ0n) is 19.9. The molecule has 8 nitrogen and oxygen atoms in total. The third-order valence-corrected chi connectivity index (χ3v) is 9.04. The molecule has 4 rings (SSSR count). The van der Waals surface area contributed by atoms with Crippen LogP contribution in [0.15, 0.2) is 47.4 Å². The van der Waals surface area contributed by atoms with Crippen molar-refractivity contribution >= 4 is 27.6 Å². The van der Waals surface area contributed by atoms with Gasteiger partial charge in [0.05, 0.1) is 10.8 Å². The van der Waals surface area contributed by atoms with Gasteiger partial charge < -0.3 is 15.1 Å². The normalized spacial score (nSPS) is 19.7. The average Bonchev–Trinajstić information content (AvgIpc) is 3.53. The van der Waals surface area contributed by atoms with Crippen LogP contribution in [-0.4, -0.2) is 60.6 Å². The second kappa shape index (κ2) is 10.4. The van der Waals surface area contributed by atoms with E-state index < -0.39 is 33.9 Å². The molecule has 2 aromatic rings. The van der Waals surface area contributed by atoms with E-state index in [-0.39, 0.29) is 17.9 Å². The lowest BCUT2D eigenvalue weighted by molar-refractivity contribution is -0.141. The highest BCUT2D eigenvalue weighted by Gasteiger charge is 2.39. The van der Waals surface area contributed by atoms with Crippen LogP contribution >= 0.6 is 0 Å². The van der Waals surface area contributed by atoms with E-state index >= 15 is 0 Å². The van der Waals surface area contributed by atoms with Crippen molar-refractivity contribution in [2.45, 2.75) is 62.3 Å². The van der Waals surface area contributed by atoms with E-state index in [1.165, 1.54) is 30.7 Å². The largest absolute Gasteiger partial charge is 0.481 e. The van der Waals surface area contributed by atoms with Gasteiger partial charge in [0.25, 0.3) is 0 Å². The van der Waals surface area contributed by atoms with Crippen LogP contribution in [0.1, 0.15) is 54.7 Å². The maximum atomic E-state index is 13.1. The Morgan fingerprint density at radius 1 is 1.00 bits per heavy atom. The minimum atomic E-state index is -3.98. The summed E-state index contributed by atoms with van der Waals surface area (Å²) in [7, 11) is -3.98. The summed E-state index contributed by atoms with van der Waals surface area (Å²) < 4.78 is 27.2. The Balaban J connectivity index is 1.49. The lowest BCUT2D eigenvalue weighted by atomic mass is 9.89. The first-order valence-electron chi connectivity index (χ1n) is 12.1. The van der Waals surface area contributed by atoms with Gasteiger partial charge in [-0.25, -0.2) is 8.42 Å². The summed E-state index contributed by atoms with van der Waals surface area (Å²) >= 11 is 0. The minimum absolute atomic E-state index is 0.00598. The molecule has 2 aromatic carbocycles. The predicted molar refractivity (Wildman–Crippen MR) is 132 cm³/mol. The van der Waals surface area contributed by atoms with E-state index in [1.54, 1.807) is 13.0 Å². The fourth-order valence-electron chi connectivity index (χ4n) is 5.18. The van der Waals surface area contributed by atoms with Gasteiger partial charge in [-0.2, -0.15) is 4.31 Å². The third kappa shape index (κ3) is 5.36. The number of hydrogen-bond acceptors (Lipinski definition) is 5. The number of carboxylic acids is 2. The van der Waals surface area contributed by atoms with E-state index in [1.807, 2.05) is 12.1 Å². The van der Waals surface area contributed by atoms with Gasteiger partial charge in [-0.15, -0.1) is 0 Å². The lowest BCUT2D eigenvalue weighted by Crippen LogP contribution is -2.40. The first kappa shape index (κ1) is 25.2. The SMILES string of the molecule is Cc1cc(S(=O)(=O)N2CCCC2C(=O)O)ccc1C(CCc1ccc(N2CCCC2)cc1)C(=O)O. The number of carboxylic acid groups (broad SMARTS) is 2. The molecule has 2 aliphatic rings. The molecular weight excluding hydrogens is 468 g/mol. The number of benzene rings is 2. The van der Waals surface area contributed by atoms with Crippen LogP contribution in [0, 0.1) is 6.92 Å². The number of aryl methyl sites for hydroxylation is 2. The van der Waals surface area contributed by atoms with Crippen molar-refractivity contribution in [1.82, 2.24) is 4.31 Å². The number of carbonyl (C=O) groups is 2. The van der Waals surface area contributed by atoms with Crippen LogP contribution in [0.5, 0.6) is 0 Å². The number of nitrogens with zero attached hydrogens (tertiary/aromatic N) is 2. The van der Waals surface area contributed by atoms with Crippen molar-refractivity contribution < 1.29 is 28.2 Å². The first-order valence-corrected chi connectivity index (χ1v) is 13.5. The molecule has 2 fully saturated rings. The fourth-order valence-corrected chi connectivity index (χ4v) is 6.92. The molecule has 0 saturated carbocycles. The average molecular weight is 501 g/mol. The Bertz CT molecular complexity index is 1190. The van der Waals surface area contributed by atoms with Gasteiger partial charge in [0, 0.05) is 25.3 Å². The van der Waals surface area contributed by atoms with Crippen molar-refractivity contribution in [3.63, 3.8) is 0 Å². The van der Waals surface area contributed by atoms with Crippen molar-refractivity contribution in [3.8, 4) is 0 Å². The van der Waals surface area contributed by atoms with E-state index in [0.29, 0.717) is 30.4 Å². The maximum absolute atomic E-state index is 13.1. The van der Waals surface area contributed by atoms with Crippen molar-refractivity contribution in [2.75, 3.05) is 24.5 Å². The van der Waals surface area contributed by atoms with Crippen LogP contribution in [0.4, 0.5) is 5.69 Å². The number of anilines is 1. The highest BCUT2D eigenvalue weighted by atomic mass is 32.2. The van der Waals surface area contributed by atoms with Crippen LogP contribution in [0.2, 0.25) is 0 Å². The summed E-state index contributed by atoms with van der Waals surface area (Å²) in [6.07, 6.45) is 4.17. The predicted octanol–water partition coefficient (Wildman–Crippen LogP) is 3.63. The smallest absolute Gasteiger partial charge is 0.322 e. The number of sulfonamides is 1. The summed E-state index contributed by atoms with van der Waals surface area (Å²) in [5.74, 6) is -2.88. The van der Waals surface area contributed by atoms with Crippen LogP contribution in [0.25, 0.3) is 0 Å². The molecule has 0 amide bonds. The number of rotatable bonds is 9. The zero-order valence-corrected chi connectivity index (χ0v) is 20.7. The first-order chi connectivity index (χ1) is 16.7. The van der Waals surface area contributed by atoms with Crippen molar-refractivity contribution in [3.05, 3.63) is 59.2 Å². The van der Waals surface area contributed by atoms with E-state index in [2.05, 4.69) is 17.0 Å². The summed E-state index contributed by atoms with van der Waals surface area (Å²) in [6.45, 7) is 4.00. The Morgan fingerprint density at radius 3 is 2.29 bits per heavy atom. The monoisotopic (exact) mass is 500 g/mol. The Morgan fingerprint density at radius 2 is 1.69 bits per heavy atom. The van der Waals surface area contributed by atoms with Crippen molar-refractivity contribution in [1.29, 1.82) is 0 Å². The van der Waals surface area contributed by atoms with Crippen molar-refractivity contribution in [2.24, 2.45) is 0 Å². The van der Waals surface area contributed by atoms with Crippen LogP contribution in [-0.2, 0) is 26.0 Å². The van der Waals surface area contributed by atoms with E-state index in [0.717, 1.165) is 23.0 Å². The lowest BCUT2D eigenvalue weighted by Gasteiger charge is -2.22. The molecule has 35 heavy (non-hydrogen) atoms. The highest BCUT2D eigenvalue weighted by molar-refractivity contribution is 7.89. The molecule has 2 N–H and O–H groups in total. The molecule has 2 aliphatic heterocycles. The minimum Gasteiger partial charge on any atom is -0.481 e. The topological polar surface area (TPSA) is 115 Å². The molecule has 2 heterocycles. The highest BCUT2D eigenvalue weighted by Crippen LogP contribution is 2.31. The second-order valence-corrected chi connectivity index (χ2v) is 11.3. The molecule has 0 bridgehead atoms. The fraction of sp³-hybridized carbons (Fsp3) is 0.462. The van der Waals surface area contributed by atoms with Gasteiger partial charge >= 0.3 is 11.9 Å². The standard InChI is InChI=1S/C26H32N2O6S/c1-18-17-21(35(33,34)28-16-4-5-24(28)26(31)32)11-13-22(18)23(25(29)30)12-8-19-6-9-20(10-7-19)27-14-2-3-15-27/h6-7,9-11,13,17,23-24H,2-5,8,12,14-16H2,1H3,(H,29,30)(H,31,32).